The van der Waals surface area contributed by atoms with Gasteiger partial charge in [-0.15, -0.1) is 51.2 Å². The maximum Gasteiger partial charge on any atom is 0.187 e. The van der Waals surface area contributed by atoms with Gasteiger partial charge in [0.15, 0.2) is 28.8 Å². The third-order valence-corrected chi connectivity index (χ3v) is 12.5. The van der Waals surface area contributed by atoms with Gasteiger partial charge in [-0.3, -0.25) is 4.57 Å². The molecule has 406 valence electrons. The molecule has 0 aliphatic rings. The molecule has 0 aliphatic heterocycles. The molecule has 0 saturated heterocycles. The molecule has 2 heterocycles. The molecular formula is C65H75Ir2N8O2-. The number of aliphatic hydroxyl groups is 2. The Morgan fingerprint density at radius 3 is 1.16 bits per heavy atom. The SMILES string of the molecule is CC(O)CC(C)O.[C-]#[N+]c1cc(CC(C)C)c(-n2c(-c3[c-]cccc3)nnc2-c2ccccc2C)c(CC(C)C)c1.[C-]#[N+]c1cc(CC(C)C)c(-n2c(-c3ccccc3)nnc2-c2ccccc2C)c(CC(C)C)c1.[Ir].[Ir]. The largest absolute Gasteiger partial charge is 0.393 e. The molecule has 2 aromatic heterocycles. The molecule has 0 saturated carbocycles. The Morgan fingerprint density at radius 1 is 0.468 bits per heavy atom. The first-order valence-electron chi connectivity index (χ1n) is 26.4. The van der Waals surface area contributed by atoms with Crippen molar-refractivity contribution in [1.82, 2.24) is 29.5 Å². The van der Waals surface area contributed by atoms with Crippen LogP contribution >= 0.6 is 0 Å². The number of hydrogen-bond acceptors (Lipinski definition) is 6. The molecule has 0 bridgehead atoms. The molecule has 77 heavy (non-hydrogen) atoms. The van der Waals surface area contributed by atoms with E-state index in [9.17, 15) is 0 Å². The second kappa shape index (κ2) is 30.1. The van der Waals surface area contributed by atoms with Crippen LogP contribution in [-0.2, 0) is 65.9 Å². The van der Waals surface area contributed by atoms with Gasteiger partial charge in [-0.25, -0.2) is 9.69 Å². The van der Waals surface area contributed by atoms with Gasteiger partial charge in [0.25, 0.3) is 0 Å². The molecule has 0 aliphatic carbocycles. The average Bonchev–Trinajstić information content (AvgIpc) is 3.99. The Balaban J connectivity index is 0.000000289. The summed E-state index contributed by atoms with van der Waals surface area (Å²) < 4.78 is 4.44. The van der Waals surface area contributed by atoms with E-state index in [0.717, 1.165) is 105 Å². The molecule has 2 unspecified atom stereocenters. The van der Waals surface area contributed by atoms with Gasteiger partial charge >= 0.3 is 0 Å². The standard InChI is InChI=1S/C30H32N4.C30H31N4.C5H12O2.2Ir/c2*1-20(2)16-24-18-26(31-6)19-25(17-21(3)4)28(24)34-29(23-13-8-7-9-14-23)32-33-30(34)27-15-11-10-12-22(27)5;1-4(6)3-5(2)7;;/h7-15,18-21H,16-17H2,1-5H3;7-13,15,18-21H,16-17H2,1-5H3;4-7H,3H2,1-2H3;;/q;-1;;;. The van der Waals surface area contributed by atoms with E-state index in [4.69, 9.17) is 38.7 Å². The monoisotopic (exact) mass is 1390 g/mol. The van der Waals surface area contributed by atoms with Crippen LogP contribution in [0.3, 0.4) is 0 Å². The van der Waals surface area contributed by atoms with E-state index >= 15 is 0 Å². The molecule has 6 aromatic carbocycles. The van der Waals surface area contributed by atoms with Crippen LogP contribution in [0.1, 0.15) is 109 Å². The van der Waals surface area contributed by atoms with E-state index in [2.05, 4.69) is 160 Å². The van der Waals surface area contributed by atoms with Gasteiger partial charge in [0.2, 0.25) is 0 Å². The third-order valence-electron chi connectivity index (χ3n) is 12.5. The van der Waals surface area contributed by atoms with E-state index < -0.39 is 0 Å². The fraction of sp³-hybridized carbons (Fsp3) is 0.354. The summed E-state index contributed by atoms with van der Waals surface area (Å²) >= 11 is 0. The zero-order chi connectivity index (χ0) is 54.3. The Labute approximate surface area is 485 Å². The molecule has 8 rings (SSSR count). The Kier molecular flexibility index (Phi) is 24.7. The number of aromatic nitrogens is 6. The number of nitrogens with zero attached hydrogens (tertiary/aromatic N) is 8. The van der Waals surface area contributed by atoms with Crippen LogP contribution in [0.5, 0.6) is 0 Å². The molecule has 8 aromatic rings. The van der Waals surface area contributed by atoms with Gasteiger partial charge in [-0.2, -0.15) is 5.10 Å². The fourth-order valence-corrected chi connectivity index (χ4v) is 9.53. The molecule has 2 atom stereocenters. The third kappa shape index (κ3) is 16.9. The van der Waals surface area contributed by atoms with Crippen molar-refractivity contribution in [1.29, 1.82) is 0 Å². The van der Waals surface area contributed by atoms with Crippen molar-refractivity contribution in [2.24, 2.45) is 23.7 Å². The van der Waals surface area contributed by atoms with Crippen molar-refractivity contribution >= 4 is 11.4 Å². The minimum atomic E-state index is -0.375. The molecule has 0 fully saturated rings. The first-order valence-corrected chi connectivity index (χ1v) is 26.4. The average molecular weight is 1380 g/mol. The topological polar surface area (TPSA) is 111 Å². The van der Waals surface area contributed by atoms with Crippen LogP contribution < -0.4 is 0 Å². The molecule has 0 amide bonds. The maximum atomic E-state index is 8.56. The van der Waals surface area contributed by atoms with E-state index in [-0.39, 0.29) is 52.4 Å². The van der Waals surface area contributed by atoms with Crippen LogP contribution in [-0.4, -0.2) is 51.9 Å². The number of aliphatic hydroxyl groups excluding tert-OH is 2. The second-order valence-corrected chi connectivity index (χ2v) is 21.4. The molecular weight excluding hydrogens is 1310 g/mol. The predicted octanol–water partition coefficient (Wildman–Crippen LogP) is 15.6. The summed E-state index contributed by atoms with van der Waals surface area (Å²) in [5.41, 5.74) is 14.6. The second-order valence-electron chi connectivity index (χ2n) is 21.4. The van der Waals surface area contributed by atoms with E-state index in [0.29, 0.717) is 41.5 Å². The van der Waals surface area contributed by atoms with Crippen LogP contribution in [0.2, 0.25) is 0 Å². The Bertz CT molecular complexity index is 2940. The van der Waals surface area contributed by atoms with Crippen LogP contribution in [0, 0.1) is 56.7 Å². The first kappa shape index (κ1) is 63.3. The van der Waals surface area contributed by atoms with Gasteiger partial charge in [-0.05, 0) is 117 Å². The fourth-order valence-electron chi connectivity index (χ4n) is 9.53. The zero-order valence-corrected chi connectivity index (χ0v) is 51.6. The molecule has 12 heteroatoms. The molecule has 2 N–H and O–H groups in total. The van der Waals surface area contributed by atoms with Gasteiger partial charge < -0.3 is 14.8 Å². The van der Waals surface area contributed by atoms with Gasteiger partial charge in [-0.1, -0.05) is 159 Å². The van der Waals surface area contributed by atoms with Gasteiger partial charge in [0.05, 0.1) is 36.9 Å². The zero-order valence-electron chi connectivity index (χ0n) is 46.8. The smallest absolute Gasteiger partial charge is 0.187 e. The summed E-state index contributed by atoms with van der Waals surface area (Å²) in [5.74, 6) is 5.02. The van der Waals surface area contributed by atoms with Crippen molar-refractivity contribution in [3.05, 3.63) is 190 Å². The predicted molar refractivity (Wildman–Crippen MR) is 307 cm³/mol. The molecule has 2 radical (unpaired) electrons. The van der Waals surface area contributed by atoms with Crippen molar-refractivity contribution in [2.45, 2.75) is 127 Å². The minimum Gasteiger partial charge on any atom is -0.393 e. The number of rotatable bonds is 16. The normalized spacial score (nSPS) is 11.6. The van der Waals surface area contributed by atoms with Crippen LogP contribution in [0.25, 0.3) is 66.6 Å². The van der Waals surface area contributed by atoms with Crippen LogP contribution in [0.4, 0.5) is 11.4 Å². The van der Waals surface area contributed by atoms with Crippen molar-refractivity contribution in [3.8, 4) is 56.9 Å². The summed E-state index contributed by atoms with van der Waals surface area (Å²) in [6, 6.07) is 46.4. The summed E-state index contributed by atoms with van der Waals surface area (Å²) in [4.78, 5) is 7.62. The van der Waals surface area contributed by atoms with E-state index in [1.165, 1.54) is 11.1 Å². The van der Waals surface area contributed by atoms with Crippen molar-refractivity contribution < 1.29 is 50.4 Å². The summed E-state index contributed by atoms with van der Waals surface area (Å²) in [6.07, 6.45) is 3.22. The minimum absolute atomic E-state index is 0. The van der Waals surface area contributed by atoms with Crippen LogP contribution in [0.15, 0.2) is 127 Å². The van der Waals surface area contributed by atoms with Crippen molar-refractivity contribution in [2.75, 3.05) is 0 Å². The van der Waals surface area contributed by atoms with Gasteiger partial charge in [0.1, 0.15) is 0 Å². The Morgan fingerprint density at radius 2 is 0.818 bits per heavy atom. The first-order chi connectivity index (χ1) is 35.9. The van der Waals surface area contributed by atoms with Gasteiger partial charge in [0, 0.05) is 62.6 Å². The molecule has 0 spiro atoms. The summed E-state index contributed by atoms with van der Waals surface area (Å²) in [7, 11) is 0. The number of benzene rings is 6. The van der Waals surface area contributed by atoms with Crippen molar-refractivity contribution in [3.63, 3.8) is 0 Å². The van der Waals surface area contributed by atoms with E-state index in [1.54, 1.807) is 13.8 Å². The molecule has 10 nitrogen and oxygen atoms in total. The number of hydrogen-bond donors (Lipinski definition) is 2. The Hall–Kier alpha value is -6.20. The summed E-state index contributed by atoms with van der Waals surface area (Å²) in [5, 5.41) is 36.0. The van der Waals surface area contributed by atoms with E-state index in [1.807, 2.05) is 66.7 Å². The quantitative estimate of drug-likeness (QED) is 0.0933. The maximum absolute atomic E-state index is 8.56. The summed E-state index contributed by atoms with van der Waals surface area (Å²) in [6.45, 7) is 40.8. The number of aryl methyl sites for hydroxylation is 2.